The van der Waals surface area contributed by atoms with Gasteiger partial charge in [0.1, 0.15) is 5.82 Å². The Morgan fingerprint density at radius 2 is 1.70 bits per heavy atom. The molecule has 1 aromatic heterocycles. The molecule has 4 heteroatoms. The van der Waals surface area contributed by atoms with E-state index in [-0.39, 0.29) is 0 Å². The summed E-state index contributed by atoms with van der Waals surface area (Å²) < 4.78 is 0. The smallest absolute Gasteiger partial charge is 0.225 e. The second-order valence-corrected chi connectivity index (χ2v) is 5.44. The summed E-state index contributed by atoms with van der Waals surface area (Å²) in [5, 5.41) is 6.57. The molecule has 0 unspecified atom stereocenters. The van der Waals surface area contributed by atoms with E-state index < -0.39 is 0 Å². The quantitative estimate of drug-likeness (QED) is 0.882. The van der Waals surface area contributed by atoms with Gasteiger partial charge >= 0.3 is 0 Å². The van der Waals surface area contributed by atoms with Crippen LogP contribution < -0.4 is 10.6 Å². The fraction of sp³-hybridized carbons (Fsp3) is 0.375. The van der Waals surface area contributed by atoms with Crippen molar-refractivity contribution in [2.45, 2.75) is 40.7 Å². The van der Waals surface area contributed by atoms with Crippen LogP contribution in [0.3, 0.4) is 0 Å². The van der Waals surface area contributed by atoms with Gasteiger partial charge in [-0.15, -0.1) is 0 Å². The molecule has 0 radical (unpaired) electrons. The third-order valence-corrected chi connectivity index (χ3v) is 3.05. The minimum Gasteiger partial charge on any atom is -0.352 e. The van der Waals surface area contributed by atoms with Crippen molar-refractivity contribution in [3.8, 4) is 0 Å². The van der Waals surface area contributed by atoms with E-state index in [2.05, 4.69) is 66.5 Å². The van der Waals surface area contributed by atoms with Crippen molar-refractivity contribution < 1.29 is 0 Å². The molecule has 0 saturated carbocycles. The number of anilines is 3. The lowest BCUT2D eigenvalue weighted by molar-refractivity contribution is 0.871. The van der Waals surface area contributed by atoms with Crippen LogP contribution in [0.2, 0.25) is 0 Å². The normalized spacial score (nSPS) is 10.7. The van der Waals surface area contributed by atoms with Gasteiger partial charge < -0.3 is 10.6 Å². The van der Waals surface area contributed by atoms with Gasteiger partial charge in [-0.05, 0) is 57.9 Å². The molecule has 0 atom stereocenters. The molecule has 1 heterocycles. The van der Waals surface area contributed by atoms with Crippen LogP contribution >= 0.6 is 0 Å². The lowest BCUT2D eigenvalue weighted by atomic mass is 10.1. The van der Waals surface area contributed by atoms with Crippen LogP contribution in [0.25, 0.3) is 0 Å². The van der Waals surface area contributed by atoms with E-state index in [0.717, 1.165) is 17.2 Å². The Bertz CT molecular complexity index is 605. The van der Waals surface area contributed by atoms with Crippen LogP contribution in [0.1, 0.15) is 30.7 Å². The fourth-order valence-electron chi connectivity index (χ4n) is 1.92. The van der Waals surface area contributed by atoms with E-state index in [4.69, 9.17) is 0 Å². The zero-order chi connectivity index (χ0) is 14.7. The summed E-state index contributed by atoms with van der Waals surface area (Å²) in [5.41, 5.74) is 4.54. The predicted octanol–water partition coefficient (Wildman–Crippen LogP) is 3.97. The summed E-state index contributed by atoms with van der Waals surface area (Å²) in [6.45, 7) is 10.3. The van der Waals surface area contributed by atoms with Crippen molar-refractivity contribution in [2.75, 3.05) is 10.6 Å². The molecule has 1 aromatic carbocycles. The molecule has 0 bridgehead atoms. The first-order valence-electron chi connectivity index (χ1n) is 6.90. The Morgan fingerprint density at radius 3 is 2.35 bits per heavy atom. The molecule has 0 saturated heterocycles. The van der Waals surface area contributed by atoms with E-state index in [1.165, 1.54) is 11.1 Å². The first-order valence-corrected chi connectivity index (χ1v) is 6.90. The lowest BCUT2D eigenvalue weighted by Gasteiger charge is -2.12. The SMILES string of the molecule is Cc1cc(Nc2ccc(C)c(C)c2)nc(NC(C)C)n1. The highest BCUT2D eigenvalue weighted by molar-refractivity contribution is 5.59. The summed E-state index contributed by atoms with van der Waals surface area (Å²) in [6.07, 6.45) is 0. The van der Waals surface area contributed by atoms with Crippen LogP contribution in [0.5, 0.6) is 0 Å². The highest BCUT2D eigenvalue weighted by Crippen LogP contribution is 2.19. The number of nitrogens with zero attached hydrogens (tertiary/aromatic N) is 2. The van der Waals surface area contributed by atoms with Gasteiger partial charge in [0.2, 0.25) is 5.95 Å². The van der Waals surface area contributed by atoms with Crippen LogP contribution in [0.15, 0.2) is 24.3 Å². The lowest BCUT2D eigenvalue weighted by Crippen LogP contribution is -2.13. The van der Waals surface area contributed by atoms with E-state index in [1.54, 1.807) is 0 Å². The standard InChI is InChI=1S/C16H22N4/c1-10(2)17-16-18-13(5)9-15(20-16)19-14-7-6-11(3)12(4)8-14/h6-10H,1-5H3,(H2,17,18,19,20). The Kier molecular flexibility index (Phi) is 4.23. The monoisotopic (exact) mass is 270 g/mol. The van der Waals surface area contributed by atoms with Crippen LogP contribution in [-0.2, 0) is 0 Å². The molecule has 0 aliphatic rings. The van der Waals surface area contributed by atoms with Crippen LogP contribution in [0, 0.1) is 20.8 Å². The molecule has 0 spiro atoms. The molecule has 4 nitrogen and oxygen atoms in total. The zero-order valence-electron chi connectivity index (χ0n) is 12.8. The molecule has 20 heavy (non-hydrogen) atoms. The minimum atomic E-state index is 0.311. The maximum absolute atomic E-state index is 4.49. The largest absolute Gasteiger partial charge is 0.352 e. The molecule has 2 N–H and O–H groups in total. The highest BCUT2D eigenvalue weighted by atomic mass is 15.1. The number of rotatable bonds is 4. The van der Waals surface area contributed by atoms with E-state index in [1.807, 2.05) is 13.0 Å². The van der Waals surface area contributed by atoms with Gasteiger partial charge in [0.15, 0.2) is 0 Å². The number of hydrogen-bond donors (Lipinski definition) is 2. The predicted molar refractivity (Wildman–Crippen MR) is 84.7 cm³/mol. The molecule has 0 fully saturated rings. The third-order valence-electron chi connectivity index (χ3n) is 3.05. The number of benzene rings is 1. The van der Waals surface area contributed by atoms with E-state index in [9.17, 15) is 0 Å². The number of aryl methyl sites for hydroxylation is 3. The molecular formula is C16H22N4. The third kappa shape index (κ3) is 3.70. The summed E-state index contributed by atoms with van der Waals surface area (Å²) in [6, 6.07) is 8.56. The average molecular weight is 270 g/mol. The van der Waals surface area contributed by atoms with Crippen LogP contribution in [0.4, 0.5) is 17.5 Å². The molecule has 106 valence electrons. The van der Waals surface area contributed by atoms with Gasteiger partial charge in [-0.3, -0.25) is 0 Å². The maximum Gasteiger partial charge on any atom is 0.225 e. The maximum atomic E-state index is 4.49. The second-order valence-electron chi connectivity index (χ2n) is 5.44. The van der Waals surface area contributed by atoms with Crippen molar-refractivity contribution in [3.63, 3.8) is 0 Å². The van der Waals surface area contributed by atoms with Gasteiger partial charge in [-0.1, -0.05) is 6.07 Å². The summed E-state index contributed by atoms with van der Waals surface area (Å²) in [5.74, 6) is 1.47. The Hall–Kier alpha value is -2.10. The van der Waals surface area contributed by atoms with Gasteiger partial charge in [-0.25, -0.2) is 4.98 Å². The van der Waals surface area contributed by atoms with Crippen molar-refractivity contribution in [1.29, 1.82) is 0 Å². The number of aromatic nitrogens is 2. The molecule has 0 amide bonds. The van der Waals surface area contributed by atoms with Gasteiger partial charge in [0.25, 0.3) is 0 Å². The first-order chi connectivity index (χ1) is 9.44. The molecular weight excluding hydrogens is 248 g/mol. The van der Waals surface area contributed by atoms with Gasteiger partial charge in [0.05, 0.1) is 0 Å². The Balaban J connectivity index is 2.24. The van der Waals surface area contributed by atoms with Crippen molar-refractivity contribution in [1.82, 2.24) is 9.97 Å². The van der Waals surface area contributed by atoms with Gasteiger partial charge in [0, 0.05) is 23.5 Å². The minimum absolute atomic E-state index is 0.311. The van der Waals surface area contributed by atoms with Crippen molar-refractivity contribution in [3.05, 3.63) is 41.1 Å². The second kappa shape index (κ2) is 5.90. The molecule has 2 rings (SSSR count). The van der Waals surface area contributed by atoms with Crippen LogP contribution in [-0.4, -0.2) is 16.0 Å². The Morgan fingerprint density at radius 1 is 0.950 bits per heavy atom. The Labute approximate surface area is 120 Å². The summed E-state index contributed by atoms with van der Waals surface area (Å²) in [7, 11) is 0. The molecule has 0 aliphatic heterocycles. The fourth-order valence-corrected chi connectivity index (χ4v) is 1.92. The summed E-state index contributed by atoms with van der Waals surface area (Å²) in [4.78, 5) is 8.87. The van der Waals surface area contributed by atoms with E-state index >= 15 is 0 Å². The van der Waals surface area contributed by atoms with E-state index in [0.29, 0.717) is 12.0 Å². The highest BCUT2D eigenvalue weighted by Gasteiger charge is 2.04. The average Bonchev–Trinajstić information content (AvgIpc) is 2.32. The topological polar surface area (TPSA) is 49.8 Å². The first kappa shape index (κ1) is 14.3. The zero-order valence-corrected chi connectivity index (χ0v) is 12.8. The molecule has 2 aromatic rings. The molecule has 0 aliphatic carbocycles. The number of nitrogens with one attached hydrogen (secondary N) is 2. The van der Waals surface area contributed by atoms with Gasteiger partial charge in [-0.2, -0.15) is 4.98 Å². The summed E-state index contributed by atoms with van der Waals surface area (Å²) >= 11 is 0. The van der Waals surface area contributed by atoms with Crippen molar-refractivity contribution in [2.24, 2.45) is 0 Å². The van der Waals surface area contributed by atoms with Crippen molar-refractivity contribution >= 4 is 17.5 Å². The number of hydrogen-bond acceptors (Lipinski definition) is 4.